The Bertz CT molecular complexity index is 715. The molecule has 2 heterocycles. The van der Waals surface area contributed by atoms with E-state index in [1.54, 1.807) is 6.92 Å². The predicted molar refractivity (Wildman–Crippen MR) is 81.3 cm³/mol. The summed E-state index contributed by atoms with van der Waals surface area (Å²) < 4.78 is 4.90. The predicted octanol–water partition coefficient (Wildman–Crippen LogP) is 3.89. The number of ketones is 1. The summed E-state index contributed by atoms with van der Waals surface area (Å²) in [5, 5.41) is 1.05. The Morgan fingerprint density at radius 2 is 2.10 bits per heavy atom. The third kappa shape index (κ3) is 3.40. The van der Waals surface area contributed by atoms with E-state index in [1.165, 1.54) is 19.2 Å². The van der Waals surface area contributed by atoms with Gasteiger partial charge in [0.15, 0.2) is 11.5 Å². The molecular formula is C13H10Cl2N2O3S. The molecule has 8 heteroatoms. The maximum absolute atomic E-state index is 11.8. The highest BCUT2D eigenvalue weighted by Crippen LogP contribution is 2.33. The fourth-order valence-electron chi connectivity index (χ4n) is 1.57. The van der Waals surface area contributed by atoms with Crippen molar-refractivity contribution in [1.82, 2.24) is 9.97 Å². The number of hydrogen-bond acceptors (Lipinski definition) is 6. The molecule has 0 spiro atoms. The van der Waals surface area contributed by atoms with E-state index in [1.807, 2.05) is 0 Å². The Kier molecular flexibility index (Phi) is 4.92. The lowest BCUT2D eigenvalue weighted by atomic mass is 10.3. The number of esters is 1. The Hall–Kier alpha value is -1.50. The van der Waals surface area contributed by atoms with Crippen molar-refractivity contribution in [2.75, 3.05) is 6.61 Å². The van der Waals surface area contributed by atoms with E-state index in [2.05, 4.69) is 9.97 Å². The average molecular weight is 345 g/mol. The van der Waals surface area contributed by atoms with Crippen LogP contribution in [-0.2, 0) is 4.74 Å². The topological polar surface area (TPSA) is 69.2 Å². The third-order valence-electron chi connectivity index (χ3n) is 2.43. The summed E-state index contributed by atoms with van der Waals surface area (Å²) in [7, 11) is 0. The SMILES string of the molecule is CCOC(=O)c1nc(-c2ncc(Cl)cc2Cl)sc1C(C)=O. The summed E-state index contributed by atoms with van der Waals surface area (Å²) >= 11 is 12.9. The minimum Gasteiger partial charge on any atom is -0.461 e. The normalized spacial score (nSPS) is 10.5. The zero-order valence-electron chi connectivity index (χ0n) is 11.1. The Balaban J connectivity index is 2.53. The molecule has 2 rings (SSSR count). The highest BCUT2D eigenvalue weighted by molar-refractivity contribution is 7.17. The van der Waals surface area contributed by atoms with Gasteiger partial charge in [-0.05, 0) is 13.0 Å². The van der Waals surface area contributed by atoms with Crippen LogP contribution in [0.3, 0.4) is 0 Å². The molecule has 0 bridgehead atoms. The Morgan fingerprint density at radius 1 is 1.38 bits per heavy atom. The van der Waals surface area contributed by atoms with E-state index in [0.29, 0.717) is 20.7 Å². The number of hydrogen-bond donors (Lipinski definition) is 0. The second-order valence-electron chi connectivity index (χ2n) is 3.96. The monoisotopic (exact) mass is 344 g/mol. The molecule has 0 aromatic carbocycles. The second kappa shape index (κ2) is 6.51. The van der Waals surface area contributed by atoms with Crippen LogP contribution < -0.4 is 0 Å². The molecule has 0 saturated carbocycles. The van der Waals surface area contributed by atoms with Gasteiger partial charge in [0, 0.05) is 13.1 Å². The number of pyridine rings is 1. The smallest absolute Gasteiger partial charge is 0.358 e. The van der Waals surface area contributed by atoms with Crippen LogP contribution in [0.25, 0.3) is 10.7 Å². The molecule has 0 aliphatic carbocycles. The van der Waals surface area contributed by atoms with Crippen molar-refractivity contribution < 1.29 is 14.3 Å². The highest BCUT2D eigenvalue weighted by Gasteiger charge is 2.24. The van der Waals surface area contributed by atoms with Crippen molar-refractivity contribution in [2.45, 2.75) is 13.8 Å². The van der Waals surface area contributed by atoms with Crippen molar-refractivity contribution in [3.05, 3.63) is 32.9 Å². The van der Waals surface area contributed by atoms with Gasteiger partial charge in [0.1, 0.15) is 15.6 Å². The molecule has 0 aliphatic heterocycles. The molecule has 0 atom stereocenters. The number of nitrogens with zero attached hydrogens (tertiary/aromatic N) is 2. The lowest BCUT2D eigenvalue weighted by Gasteiger charge is -1.99. The van der Waals surface area contributed by atoms with Crippen LogP contribution in [0, 0.1) is 0 Å². The first-order chi connectivity index (χ1) is 9.93. The summed E-state index contributed by atoms with van der Waals surface area (Å²) in [5.74, 6) is -0.915. The zero-order valence-corrected chi connectivity index (χ0v) is 13.5. The maximum Gasteiger partial charge on any atom is 0.358 e. The lowest BCUT2D eigenvalue weighted by molar-refractivity contribution is 0.0517. The van der Waals surface area contributed by atoms with E-state index in [0.717, 1.165) is 11.3 Å². The van der Waals surface area contributed by atoms with Crippen LogP contribution in [0.2, 0.25) is 10.0 Å². The summed E-state index contributed by atoms with van der Waals surface area (Å²) in [6.07, 6.45) is 1.42. The molecule has 0 N–H and O–H groups in total. The quantitative estimate of drug-likeness (QED) is 0.621. The average Bonchev–Trinajstić information content (AvgIpc) is 2.84. The minimum atomic E-state index is -0.643. The van der Waals surface area contributed by atoms with Crippen molar-refractivity contribution >= 4 is 46.3 Å². The summed E-state index contributed by atoms with van der Waals surface area (Å²) in [5.41, 5.74) is 0.348. The number of carbonyl (C=O) groups excluding carboxylic acids is 2. The molecule has 5 nitrogen and oxygen atoms in total. The number of Topliss-reactive ketones (excluding diaryl/α,β-unsaturated/α-hetero) is 1. The van der Waals surface area contributed by atoms with Gasteiger partial charge >= 0.3 is 5.97 Å². The molecule has 0 aliphatic rings. The first kappa shape index (κ1) is 15.9. The number of thiazole rings is 1. The van der Waals surface area contributed by atoms with Gasteiger partial charge in [-0.3, -0.25) is 9.78 Å². The van der Waals surface area contributed by atoms with Crippen molar-refractivity contribution in [2.24, 2.45) is 0 Å². The summed E-state index contributed by atoms with van der Waals surface area (Å²) in [6, 6.07) is 1.52. The van der Waals surface area contributed by atoms with Gasteiger partial charge in [-0.2, -0.15) is 0 Å². The molecule has 21 heavy (non-hydrogen) atoms. The van der Waals surface area contributed by atoms with Crippen LogP contribution in [-0.4, -0.2) is 28.3 Å². The van der Waals surface area contributed by atoms with Crippen LogP contribution in [0.4, 0.5) is 0 Å². The van der Waals surface area contributed by atoms with Gasteiger partial charge in [0.25, 0.3) is 0 Å². The van der Waals surface area contributed by atoms with Crippen molar-refractivity contribution in [3.63, 3.8) is 0 Å². The molecule has 2 aromatic heterocycles. The molecule has 110 valence electrons. The van der Waals surface area contributed by atoms with E-state index >= 15 is 0 Å². The van der Waals surface area contributed by atoms with Crippen LogP contribution in [0.15, 0.2) is 12.3 Å². The molecule has 2 aromatic rings. The van der Waals surface area contributed by atoms with E-state index in [9.17, 15) is 9.59 Å². The molecule has 0 saturated heterocycles. The summed E-state index contributed by atoms with van der Waals surface area (Å²) in [6.45, 7) is 3.23. The van der Waals surface area contributed by atoms with Gasteiger partial charge in [-0.1, -0.05) is 23.2 Å². The zero-order chi connectivity index (χ0) is 15.6. The number of carbonyl (C=O) groups is 2. The van der Waals surface area contributed by atoms with Gasteiger partial charge in [0.05, 0.1) is 16.7 Å². The minimum absolute atomic E-state index is 0.0165. The molecular weight excluding hydrogens is 335 g/mol. The number of aromatic nitrogens is 2. The first-order valence-electron chi connectivity index (χ1n) is 5.94. The first-order valence-corrected chi connectivity index (χ1v) is 7.51. The fourth-order valence-corrected chi connectivity index (χ4v) is 3.05. The lowest BCUT2D eigenvalue weighted by Crippen LogP contribution is -2.09. The number of rotatable bonds is 4. The molecule has 0 amide bonds. The molecule has 0 unspecified atom stereocenters. The van der Waals surface area contributed by atoms with Crippen molar-refractivity contribution in [3.8, 4) is 10.7 Å². The van der Waals surface area contributed by atoms with Gasteiger partial charge < -0.3 is 4.74 Å². The third-order valence-corrected chi connectivity index (χ3v) is 4.08. The van der Waals surface area contributed by atoms with Gasteiger partial charge in [-0.15, -0.1) is 11.3 Å². The van der Waals surface area contributed by atoms with Gasteiger partial charge in [0.2, 0.25) is 0 Å². The standard InChI is InChI=1S/C13H10Cl2N2O3S/c1-3-20-13(19)10-11(6(2)18)21-12(17-10)9-8(15)4-7(14)5-16-9/h4-5H,3H2,1-2H3. The Morgan fingerprint density at radius 3 is 2.67 bits per heavy atom. The largest absolute Gasteiger partial charge is 0.461 e. The van der Waals surface area contributed by atoms with Crippen molar-refractivity contribution in [1.29, 1.82) is 0 Å². The Labute approximate surface area is 134 Å². The number of ether oxygens (including phenoxy) is 1. The highest BCUT2D eigenvalue weighted by atomic mass is 35.5. The van der Waals surface area contributed by atoms with Gasteiger partial charge in [-0.25, -0.2) is 9.78 Å². The van der Waals surface area contributed by atoms with Crippen LogP contribution >= 0.6 is 34.5 Å². The second-order valence-corrected chi connectivity index (χ2v) is 5.80. The van der Waals surface area contributed by atoms with Crippen LogP contribution in [0.5, 0.6) is 0 Å². The summed E-state index contributed by atoms with van der Waals surface area (Å²) in [4.78, 5) is 31.9. The molecule has 0 fully saturated rings. The van der Waals surface area contributed by atoms with E-state index in [4.69, 9.17) is 27.9 Å². The van der Waals surface area contributed by atoms with E-state index in [-0.39, 0.29) is 23.0 Å². The van der Waals surface area contributed by atoms with E-state index < -0.39 is 5.97 Å². The van der Waals surface area contributed by atoms with Crippen LogP contribution in [0.1, 0.15) is 34.0 Å². The maximum atomic E-state index is 11.8. The molecule has 0 radical (unpaired) electrons. The number of halogens is 2. The fraction of sp³-hybridized carbons (Fsp3) is 0.231.